The predicted octanol–water partition coefficient (Wildman–Crippen LogP) is 5.32. The zero-order chi connectivity index (χ0) is 32.0. The summed E-state index contributed by atoms with van der Waals surface area (Å²) < 4.78 is 56.6. The maximum atomic E-state index is 12.7. The topological polar surface area (TPSA) is 171 Å². The number of fused-ring (bicyclic) bond motifs is 2. The van der Waals surface area contributed by atoms with Crippen molar-refractivity contribution in [2.24, 2.45) is 7.05 Å². The van der Waals surface area contributed by atoms with Gasteiger partial charge in [-0.15, -0.1) is 0 Å². The van der Waals surface area contributed by atoms with Crippen LogP contribution in [0, 0.1) is 11.3 Å². The van der Waals surface area contributed by atoms with Crippen molar-refractivity contribution in [3.63, 3.8) is 0 Å². The number of nitrogens with one attached hydrogen (secondary N) is 1. The Morgan fingerprint density at radius 2 is 1.57 bits per heavy atom. The number of rotatable bonds is 10. The minimum Gasteiger partial charge on any atom is -0.493 e. The number of anilines is 1. The Morgan fingerprint density at radius 1 is 1.00 bits per heavy atom. The molecular formula is C29H26F2N4O9. The number of benzene rings is 2. The number of nitrogens with zero attached hydrogens (tertiary/aromatic N) is 3. The maximum absolute atomic E-state index is 12.7. The van der Waals surface area contributed by atoms with Crippen molar-refractivity contribution in [1.82, 2.24) is 9.55 Å². The third-order valence-corrected chi connectivity index (χ3v) is 6.16. The molecule has 1 amide bonds. The number of carboxylic acid groups (broad SMARTS) is 1. The van der Waals surface area contributed by atoms with Gasteiger partial charge in [0.2, 0.25) is 0 Å². The van der Waals surface area contributed by atoms with Gasteiger partial charge in [-0.2, -0.15) is 14.0 Å². The van der Waals surface area contributed by atoms with Gasteiger partial charge in [0.25, 0.3) is 5.91 Å². The summed E-state index contributed by atoms with van der Waals surface area (Å²) in [6.45, 7) is -2.64. The van der Waals surface area contributed by atoms with Gasteiger partial charge in [-0.05, 0) is 36.4 Å². The summed E-state index contributed by atoms with van der Waals surface area (Å²) in [6, 6.07) is 10.7. The van der Waals surface area contributed by atoms with E-state index in [1.807, 2.05) is 6.07 Å². The number of alkyl halides is 2. The minimum atomic E-state index is -3.02. The van der Waals surface area contributed by atoms with Crippen molar-refractivity contribution in [2.75, 3.05) is 26.6 Å². The number of hydrogen-bond donors (Lipinski definition) is 2. The van der Waals surface area contributed by atoms with Crippen LogP contribution in [0.25, 0.3) is 21.9 Å². The van der Waals surface area contributed by atoms with Gasteiger partial charge in [-0.25, -0.2) is 9.78 Å². The largest absolute Gasteiger partial charge is 0.493 e. The van der Waals surface area contributed by atoms with E-state index in [-0.39, 0.29) is 47.1 Å². The van der Waals surface area contributed by atoms with E-state index in [9.17, 15) is 18.4 Å². The molecule has 0 fully saturated rings. The highest BCUT2D eigenvalue weighted by atomic mass is 19.3. The van der Waals surface area contributed by atoms with Gasteiger partial charge in [-0.1, -0.05) is 0 Å². The first-order chi connectivity index (χ1) is 21.1. The number of carboxylic acids is 1. The van der Waals surface area contributed by atoms with Crippen LogP contribution >= 0.6 is 0 Å². The van der Waals surface area contributed by atoms with Gasteiger partial charge >= 0.3 is 12.6 Å². The fraction of sp³-hybridized carbons (Fsp3) is 0.241. The lowest BCUT2D eigenvalue weighted by Gasteiger charge is -2.08. The Morgan fingerprint density at radius 3 is 2.11 bits per heavy atom. The molecule has 2 N–H and O–H groups in total. The first-order valence-electron chi connectivity index (χ1n) is 12.6. The third kappa shape index (κ3) is 6.61. The highest BCUT2D eigenvalue weighted by Gasteiger charge is 2.21. The predicted molar refractivity (Wildman–Crippen MR) is 150 cm³/mol. The molecule has 5 rings (SSSR count). The first-order valence-corrected chi connectivity index (χ1v) is 12.6. The quantitative estimate of drug-likeness (QED) is 0.209. The standard InChI is InChI=1S/C17H16N4O4.C12H10F2O5/c1-21-9-19-13(7-18)16(21)20-17(22)11-4-5-14(24-3)15-12(11)6-10(25-15)8-23-2;1-17-5-6-4-8-7(11(15)16)2-3-9(10(8)18-6)19-12(13)14/h4-6,9H,8H2,1-3H3,(H,20,22);2-4,12H,5H2,1H3,(H,15,16). The highest BCUT2D eigenvalue weighted by molar-refractivity contribution is 6.13. The Labute approximate surface area is 248 Å². The number of amides is 1. The number of aromatic nitrogens is 2. The summed E-state index contributed by atoms with van der Waals surface area (Å²) in [6.07, 6.45) is 1.46. The number of methoxy groups -OCH3 is 3. The lowest BCUT2D eigenvalue weighted by atomic mass is 10.1. The Kier molecular flexibility index (Phi) is 9.78. The van der Waals surface area contributed by atoms with Crippen molar-refractivity contribution < 1.29 is 51.3 Å². The zero-order valence-electron chi connectivity index (χ0n) is 23.8. The van der Waals surface area contributed by atoms with Crippen molar-refractivity contribution in [3.05, 3.63) is 71.1 Å². The summed E-state index contributed by atoms with van der Waals surface area (Å²) in [5.74, 6) is -0.0166. The average molecular weight is 613 g/mol. The minimum absolute atomic E-state index is 0.0350. The fourth-order valence-corrected chi connectivity index (χ4v) is 4.29. The number of aromatic carboxylic acids is 1. The molecule has 0 radical (unpaired) electrons. The van der Waals surface area contributed by atoms with Crippen molar-refractivity contribution in [3.8, 4) is 17.6 Å². The maximum Gasteiger partial charge on any atom is 0.387 e. The molecule has 0 bridgehead atoms. The van der Waals surface area contributed by atoms with Crippen molar-refractivity contribution >= 4 is 39.6 Å². The molecule has 0 unspecified atom stereocenters. The zero-order valence-corrected chi connectivity index (χ0v) is 23.8. The molecule has 3 aromatic heterocycles. The van der Waals surface area contributed by atoms with Crippen LogP contribution in [0.4, 0.5) is 14.6 Å². The molecule has 0 atom stereocenters. The summed E-state index contributed by atoms with van der Waals surface area (Å²) in [7, 11) is 6.22. The number of nitriles is 1. The molecule has 0 aliphatic heterocycles. The van der Waals surface area contributed by atoms with E-state index in [0.29, 0.717) is 39.6 Å². The van der Waals surface area contributed by atoms with E-state index in [2.05, 4.69) is 15.0 Å². The van der Waals surface area contributed by atoms with Gasteiger partial charge in [0.05, 0.1) is 24.6 Å². The van der Waals surface area contributed by atoms with Crippen LogP contribution < -0.4 is 14.8 Å². The summed E-state index contributed by atoms with van der Waals surface area (Å²) in [5, 5.41) is 21.6. The first kappa shape index (κ1) is 31.5. The molecule has 230 valence electrons. The number of halogens is 2. The highest BCUT2D eigenvalue weighted by Crippen LogP contribution is 2.34. The van der Waals surface area contributed by atoms with Gasteiger partial charge in [0.1, 0.15) is 30.8 Å². The summed E-state index contributed by atoms with van der Waals surface area (Å²) in [4.78, 5) is 27.7. The molecule has 3 heterocycles. The molecule has 0 aliphatic carbocycles. The van der Waals surface area contributed by atoms with Crippen molar-refractivity contribution in [1.29, 1.82) is 5.26 Å². The second-order valence-electron chi connectivity index (χ2n) is 9.01. The van der Waals surface area contributed by atoms with E-state index in [4.69, 9.17) is 33.4 Å². The summed E-state index contributed by atoms with van der Waals surface area (Å²) >= 11 is 0. The molecule has 0 aliphatic rings. The number of aryl methyl sites for hydroxylation is 1. The van der Waals surface area contributed by atoms with Crippen LogP contribution in [0.15, 0.2) is 51.6 Å². The molecule has 0 saturated heterocycles. The Balaban J connectivity index is 0.000000209. The van der Waals surface area contributed by atoms with Crippen LogP contribution in [0.2, 0.25) is 0 Å². The van der Waals surface area contributed by atoms with Crippen LogP contribution in [-0.4, -0.2) is 54.5 Å². The van der Waals surface area contributed by atoms with E-state index in [1.165, 1.54) is 32.7 Å². The van der Waals surface area contributed by atoms with E-state index in [1.54, 1.807) is 36.9 Å². The molecule has 0 saturated carbocycles. The number of imidazole rings is 1. The number of furan rings is 2. The van der Waals surface area contributed by atoms with E-state index in [0.717, 1.165) is 6.07 Å². The Bertz CT molecular complexity index is 1850. The molecule has 5 aromatic rings. The second-order valence-corrected chi connectivity index (χ2v) is 9.01. The van der Waals surface area contributed by atoms with Gasteiger partial charge in [-0.3, -0.25) is 4.79 Å². The average Bonchev–Trinajstić information content (AvgIpc) is 3.70. The fourth-order valence-electron chi connectivity index (χ4n) is 4.29. The normalized spacial score (nSPS) is 10.9. The number of ether oxygens (including phenoxy) is 4. The third-order valence-electron chi connectivity index (χ3n) is 6.16. The molecule has 13 nitrogen and oxygen atoms in total. The lowest BCUT2D eigenvalue weighted by Crippen LogP contribution is -2.15. The Hall–Kier alpha value is -5.46. The number of hydrogen-bond acceptors (Lipinski definition) is 10. The van der Waals surface area contributed by atoms with Crippen LogP contribution in [0.3, 0.4) is 0 Å². The van der Waals surface area contributed by atoms with Gasteiger partial charge in [0.15, 0.2) is 34.2 Å². The van der Waals surface area contributed by atoms with E-state index < -0.39 is 12.6 Å². The summed E-state index contributed by atoms with van der Waals surface area (Å²) in [5.41, 5.74) is 0.919. The lowest BCUT2D eigenvalue weighted by molar-refractivity contribution is -0.0494. The van der Waals surface area contributed by atoms with Crippen molar-refractivity contribution in [2.45, 2.75) is 19.8 Å². The molecular weight excluding hydrogens is 586 g/mol. The van der Waals surface area contributed by atoms with Gasteiger partial charge < -0.3 is 42.8 Å². The van der Waals surface area contributed by atoms with Crippen LogP contribution in [-0.2, 0) is 29.7 Å². The molecule has 44 heavy (non-hydrogen) atoms. The molecule has 15 heteroatoms. The van der Waals surface area contributed by atoms with Crippen LogP contribution in [0.1, 0.15) is 37.9 Å². The second kappa shape index (κ2) is 13.7. The van der Waals surface area contributed by atoms with E-state index >= 15 is 0 Å². The monoisotopic (exact) mass is 612 g/mol. The van der Waals surface area contributed by atoms with Crippen LogP contribution in [0.5, 0.6) is 11.5 Å². The number of carbonyl (C=O) groups is 2. The molecule has 2 aromatic carbocycles. The smallest absolute Gasteiger partial charge is 0.387 e. The molecule has 0 spiro atoms. The SMILES string of the molecule is COCc1cc2c(C(=O)Nc3c(C#N)ncn3C)ccc(OC)c2o1.COCc1cc2c(C(=O)O)ccc(OC(F)F)c2o1. The van der Waals surface area contributed by atoms with Gasteiger partial charge in [0, 0.05) is 32.0 Å². The number of carbonyl (C=O) groups excluding carboxylic acids is 1.